The zero-order valence-corrected chi connectivity index (χ0v) is 11.2. The van der Waals surface area contributed by atoms with Gasteiger partial charge < -0.3 is 4.90 Å². The third kappa shape index (κ3) is 2.18. The van der Waals surface area contributed by atoms with E-state index in [1.807, 2.05) is 0 Å². The van der Waals surface area contributed by atoms with E-state index < -0.39 is 23.3 Å². The van der Waals surface area contributed by atoms with Gasteiger partial charge in [0.15, 0.2) is 11.6 Å². The van der Waals surface area contributed by atoms with Gasteiger partial charge in [0.2, 0.25) is 5.91 Å². The molecule has 1 aromatic carbocycles. The fraction of sp³-hybridized carbons (Fsp3) is 0.357. The molecule has 1 aliphatic carbocycles. The molecule has 1 fully saturated rings. The van der Waals surface area contributed by atoms with Crippen molar-refractivity contribution in [3.8, 4) is 0 Å². The first-order chi connectivity index (χ1) is 9.90. The number of benzene rings is 1. The van der Waals surface area contributed by atoms with Gasteiger partial charge in [0.05, 0.1) is 11.3 Å². The number of carbonyl (C=O) groups is 3. The minimum atomic E-state index is -1.20. The molecular weight excluding hydrogens is 282 g/mol. The molecule has 0 saturated heterocycles. The topological polar surface area (TPSA) is 57.7 Å². The van der Waals surface area contributed by atoms with Crippen LogP contribution in [0.25, 0.3) is 0 Å². The number of halogens is 2. The second-order valence-electron chi connectivity index (χ2n) is 5.24. The average molecular weight is 294 g/mol. The quantitative estimate of drug-likeness (QED) is 0.785. The van der Waals surface area contributed by atoms with Crippen LogP contribution in [0, 0.1) is 11.6 Å². The van der Waals surface area contributed by atoms with Crippen molar-refractivity contribution < 1.29 is 23.2 Å². The largest absolute Gasteiger partial charge is 0.341 e. The zero-order chi connectivity index (χ0) is 15.3. The van der Waals surface area contributed by atoms with Crippen LogP contribution in [-0.4, -0.2) is 42.1 Å². The maximum atomic E-state index is 13.3. The van der Waals surface area contributed by atoms with Crippen molar-refractivity contribution in [2.45, 2.75) is 18.9 Å². The van der Waals surface area contributed by atoms with Crippen LogP contribution in [0.2, 0.25) is 0 Å². The molecule has 1 saturated carbocycles. The number of amides is 2. The number of carbonyl (C=O) groups excluding carboxylic acids is 3. The van der Waals surface area contributed by atoms with E-state index in [2.05, 4.69) is 0 Å². The van der Waals surface area contributed by atoms with Gasteiger partial charge in [-0.05, 0) is 18.9 Å². The molecular formula is C14H12F2N2O3. The van der Waals surface area contributed by atoms with Crippen molar-refractivity contribution in [2.24, 2.45) is 0 Å². The second kappa shape index (κ2) is 4.61. The van der Waals surface area contributed by atoms with Crippen molar-refractivity contribution in [1.29, 1.82) is 0 Å². The molecule has 0 N–H and O–H groups in total. The summed E-state index contributed by atoms with van der Waals surface area (Å²) in [4.78, 5) is 38.1. The lowest BCUT2D eigenvalue weighted by Gasteiger charge is -2.21. The van der Waals surface area contributed by atoms with Gasteiger partial charge in [-0.25, -0.2) is 8.78 Å². The van der Waals surface area contributed by atoms with Gasteiger partial charge in [0, 0.05) is 19.2 Å². The number of hydrogen-bond acceptors (Lipinski definition) is 3. The van der Waals surface area contributed by atoms with E-state index in [0.717, 1.165) is 23.8 Å². The SMILES string of the molecule is CN(C(=O)CN1C(=O)C(=O)c2cc(F)c(F)cc21)C1CC1. The number of anilines is 1. The second-order valence-corrected chi connectivity index (χ2v) is 5.24. The Hall–Kier alpha value is -2.31. The van der Waals surface area contributed by atoms with Crippen molar-refractivity contribution in [3.63, 3.8) is 0 Å². The standard InChI is InChI=1S/C14H12F2N2O3/c1-17(7-2-3-7)12(19)6-18-11-5-10(16)9(15)4-8(11)13(20)14(18)21/h4-5,7H,2-3,6H2,1H3. The average Bonchev–Trinajstić information content (AvgIpc) is 3.26. The van der Waals surface area contributed by atoms with Crippen molar-refractivity contribution in [1.82, 2.24) is 4.90 Å². The first-order valence-electron chi connectivity index (χ1n) is 6.51. The van der Waals surface area contributed by atoms with E-state index in [0.29, 0.717) is 6.07 Å². The number of rotatable bonds is 3. The Kier molecular flexibility index (Phi) is 3.00. The summed E-state index contributed by atoms with van der Waals surface area (Å²) in [5, 5.41) is 0. The van der Waals surface area contributed by atoms with Gasteiger partial charge >= 0.3 is 0 Å². The molecule has 21 heavy (non-hydrogen) atoms. The number of hydrogen-bond donors (Lipinski definition) is 0. The highest BCUT2D eigenvalue weighted by molar-refractivity contribution is 6.52. The van der Waals surface area contributed by atoms with E-state index in [4.69, 9.17) is 0 Å². The monoisotopic (exact) mass is 294 g/mol. The highest BCUT2D eigenvalue weighted by Crippen LogP contribution is 2.31. The molecule has 1 aliphatic heterocycles. The fourth-order valence-corrected chi connectivity index (χ4v) is 2.36. The molecule has 0 unspecified atom stereocenters. The smallest absolute Gasteiger partial charge is 0.299 e. The van der Waals surface area contributed by atoms with Crippen molar-refractivity contribution in [3.05, 3.63) is 29.3 Å². The number of fused-ring (bicyclic) bond motifs is 1. The highest BCUT2D eigenvalue weighted by Gasteiger charge is 2.39. The lowest BCUT2D eigenvalue weighted by atomic mass is 10.1. The number of likely N-dealkylation sites (N-methyl/N-ethyl adjacent to an activating group) is 1. The predicted molar refractivity (Wildman–Crippen MR) is 68.8 cm³/mol. The normalized spacial score (nSPS) is 17.2. The highest BCUT2D eigenvalue weighted by atomic mass is 19.2. The summed E-state index contributed by atoms with van der Waals surface area (Å²) in [5.41, 5.74) is -0.262. The van der Waals surface area contributed by atoms with E-state index in [1.54, 1.807) is 7.05 Å². The van der Waals surface area contributed by atoms with Crippen LogP contribution in [0.1, 0.15) is 23.2 Å². The lowest BCUT2D eigenvalue weighted by Crippen LogP contribution is -2.41. The molecule has 1 aromatic rings. The Bertz CT molecular complexity index is 670. The summed E-state index contributed by atoms with van der Waals surface area (Å²) in [6, 6.07) is 1.63. The van der Waals surface area contributed by atoms with Crippen LogP contribution in [-0.2, 0) is 9.59 Å². The maximum absolute atomic E-state index is 13.3. The summed E-state index contributed by atoms with van der Waals surface area (Å²) in [6.45, 7) is -0.352. The minimum Gasteiger partial charge on any atom is -0.341 e. The van der Waals surface area contributed by atoms with E-state index in [-0.39, 0.29) is 29.7 Å². The fourth-order valence-electron chi connectivity index (χ4n) is 2.36. The number of ketones is 1. The van der Waals surface area contributed by atoms with Gasteiger partial charge in [-0.15, -0.1) is 0 Å². The molecule has 3 rings (SSSR count). The Morgan fingerprint density at radius 1 is 1.29 bits per heavy atom. The molecule has 2 amide bonds. The molecule has 0 atom stereocenters. The van der Waals surface area contributed by atoms with Gasteiger partial charge in [0.1, 0.15) is 6.54 Å². The van der Waals surface area contributed by atoms with E-state index in [1.165, 1.54) is 4.90 Å². The van der Waals surface area contributed by atoms with E-state index >= 15 is 0 Å². The zero-order valence-electron chi connectivity index (χ0n) is 11.2. The molecule has 1 heterocycles. The van der Waals surface area contributed by atoms with Crippen LogP contribution in [0.5, 0.6) is 0 Å². The Balaban J connectivity index is 1.90. The lowest BCUT2D eigenvalue weighted by molar-refractivity contribution is -0.130. The molecule has 0 aromatic heterocycles. The Labute approximate surface area is 119 Å². The molecule has 0 radical (unpaired) electrons. The van der Waals surface area contributed by atoms with Gasteiger partial charge in [0.25, 0.3) is 11.7 Å². The minimum absolute atomic E-state index is 0.0542. The van der Waals surface area contributed by atoms with Crippen LogP contribution in [0.15, 0.2) is 12.1 Å². The van der Waals surface area contributed by atoms with Crippen LogP contribution >= 0.6 is 0 Å². The van der Waals surface area contributed by atoms with Crippen LogP contribution < -0.4 is 4.90 Å². The van der Waals surface area contributed by atoms with Crippen molar-refractivity contribution >= 4 is 23.3 Å². The Morgan fingerprint density at radius 2 is 1.90 bits per heavy atom. The third-order valence-corrected chi connectivity index (χ3v) is 3.79. The van der Waals surface area contributed by atoms with Crippen molar-refractivity contribution in [2.75, 3.05) is 18.5 Å². The first kappa shape index (κ1) is 13.7. The summed E-state index contributed by atoms with van der Waals surface area (Å²) in [5.74, 6) is -4.56. The molecule has 2 aliphatic rings. The summed E-state index contributed by atoms with van der Waals surface area (Å²) in [7, 11) is 1.62. The molecule has 110 valence electrons. The Morgan fingerprint density at radius 3 is 2.52 bits per heavy atom. The van der Waals surface area contributed by atoms with Crippen LogP contribution in [0.3, 0.4) is 0 Å². The summed E-state index contributed by atoms with van der Waals surface area (Å²) >= 11 is 0. The molecule has 0 bridgehead atoms. The molecule has 5 nitrogen and oxygen atoms in total. The first-order valence-corrected chi connectivity index (χ1v) is 6.51. The van der Waals surface area contributed by atoms with Gasteiger partial charge in [-0.1, -0.05) is 0 Å². The predicted octanol–water partition coefficient (Wildman–Crippen LogP) is 1.11. The maximum Gasteiger partial charge on any atom is 0.299 e. The van der Waals surface area contributed by atoms with E-state index in [9.17, 15) is 23.2 Å². The summed E-state index contributed by atoms with van der Waals surface area (Å²) < 4.78 is 26.5. The number of nitrogens with zero attached hydrogens (tertiary/aromatic N) is 2. The third-order valence-electron chi connectivity index (χ3n) is 3.79. The van der Waals surface area contributed by atoms with Gasteiger partial charge in [-0.3, -0.25) is 19.3 Å². The summed E-state index contributed by atoms with van der Waals surface area (Å²) in [6.07, 6.45) is 1.82. The van der Waals surface area contributed by atoms with Crippen LogP contribution in [0.4, 0.5) is 14.5 Å². The number of Topliss-reactive ketones (excluding diaryl/α,β-unsaturated/α-hetero) is 1. The molecule has 7 heteroatoms. The molecule has 0 spiro atoms. The van der Waals surface area contributed by atoms with Gasteiger partial charge in [-0.2, -0.15) is 0 Å².